The van der Waals surface area contributed by atoms with E-state index in [-0.39, 0.29) is 36.1 Å². The number of carbonyl (C=O) groups is 2. The summed E-state index contributed by atoms with van der Waals surface area (Å²) in [7, 11) is -2.77. The summed E-state index contributed by atoms with van der Waals surface area (Å²) in [6.07, 6.45) is 2.01. The molecule has 2 unspecified atom stereocenters. The normalized spacial score (nSPS) is 17.6. The molecule has 0 bridgehead atoms. The molecule has 5 aromatic rings. The average molecular weight is 935 g/mol. The molecule has 13 nitrogen and oxygen atoms in total. The maximum absolute atomic E-state index is 16.4. The second kappa shape index (κ2) is 18.6. The first-order chi connectivity index (χ1) is 30.4. The summed E-state index contributed by atoms with van der Waals surface area (Å²) in [5.74, 6) is 0.467. The standard InChI is InChI=1S/C48H68F2N6O7Si2/c1-47(2,3)62-45(57)53-19-13-15-37(53)43-51-35-25-31(33(49)27-39(35)55(43)29-59-21-23-64(7,8)9)41-17-18-42(61-41)32-26-36-40(28-34(32)50)56(30-60-22-24-65(10,11)12)44(52-36)38-16-14-20-54(38)46(58)63-48(4,5)6/h17-18,25-28,37-38H,13-16,19-24,29-30H2,1-12H3. The highest BCUT2D eigenvalue weighted by atomic mass is 28.3. The maximum Gasteiger partial charge on any atom is 0.410 e. The van der Waals surface area contributed by atoms with Crippen molar-refractivity contribution >= 4 is 50.4 Å². The van der Waals surface area contributed by atoms with Gasteiger partial charge < -0.3 is 32.5 Å². The number of likely N-dealkylation sites (tertiary alicyclic amines) is 2. The number of amides is 2. The second-order valence-corrected chi connectivity index (χ2v) is 33.2. The average Bonchev–Trinajstić information content (AvgIpc) is 4.02. The predicted molar refractivity (Wildman–Crippen MR) is 254 cm³/mol. The summed E-state index contributed by atoms with van der Waals surface area (Å²) < 4.78 is 66.8. The summed E-state index contributed by atoms with van der Waals surface area (Å²) >= 11 is 0. The first-order valence-electron chi connectivity index (χ1n) is 23.0. The van der Waals surface area contributed by atoms with E-state index in [1.807, 2.05) is 50.7 Å². The van der Waals surface area contributed by atoms with Gasteiger partial charge in [-0.05, 0) is 104 Å². The maximum atomic E-state index is 16.4. The smallest absolute Gasteiger partial charge is 0.410 e. The lowest BCUT2D eigenvalue weighted by Crippen LogP contribution is -2.37. The van der Waals surface area contributed by atoms with E-state index in [9.17, 15) is 9.59 Å². The van der Waals surface area contributed by atoms with Crippen LogP contribution in [0.4, 0.5) is 18.4 Å². The predicted octanol–water partition coefficient (Wildman–Crippen LogP) is 12.4. The van der Waals surface area contributed by atoms with E-state index < -0.39 is 63.3 Å². The van der Waals surface area contributed by atoms with E-state index in [2.05, 4.69) is 39.3 Å². The highest BCUT2D eigenvalue weighted by Gasteiger charge is 2.38. The Labute approximate surface area is 383 Å². The Morgan fingerprint density at radius 3 is 1.40 bits per heavy atom. The number of nitrogens with zero attached hydrogens (tertiary/aromatic N) is 6. The molecule has 7 rings (SSSR count). The van der Waals surface area contributed by atoms with Gasteiger partial charge in [0, 0.05) is 54.6 Å². The van der Waals surface area contributed by atoms with Crippen LogP contribution in [0.5, 0.6) is 0 Å². The van der Waals surface area contributed by atoms with Crippen LogP contribution in [0.15, 0.2) is 40.8 Å². The molecule has 65 heavy (non-hydrogen) atoms. The van der Waals surface area contributed by atoms with E-state index in [1.165, 1.54) is 12.1 Å². The molecule has 17 heteroatoms. The molecule has 354 valence electrons. The van der Waals surface area contributed by atoms with Gasteiger partial charge in [-0.1, -0.05) is 39.3 Å². The lowest BCUT2D eigenvalue weighted by Gasteiger charge is -2.28. The van der Waals surface area contributed by atoms with Crippen LogP contribution in [-0.4, -0.2) is 94.7 Å². The zero-order valence-corrected chi connectivity index (χ0v) is 42.4. The molecule has 2 saturated heterocycles. The third kappa shape index (κ3) is 11.5. The number of benzene rings is 2. The van der Waals surface area contributed by atoms with Crippen LogP contribution in [0.2, 0.25) is 51.4 Å². The van der Waals surface area contributed by atoms with Crippen LogP contribution in [0, 0.1) is 11.6 Å². The van der Waals surface area contributed by atoms with Crippen molar-refractivity contribution < 1.29 is 41.7 Å². The molecule has 2 amide bonds. The number of furan rings is 1. The topological polar surface area (TPSA) is 126 Å². The highest BCUT2D eigenvalue weighted by molar-refractivity contribution is 6.76. The van der Waals surface area contributed by atoms with E-state index in [0.717, 1.165) is 24.9 Å². The molecule has 2 aliphatic rings. The van der Waals surface area contributed by atoms with Crippen molar-refractivity contribution in [1.82, 2.24) is 28.9 Å². The molecule has 3 aromatic heterocycles. The van der Waals surface area contributed by atoms with Gasteiger partial charge in [0.15, 0.2) is 0 Å². The minimum Gasteiger partial charge on any atom is -0.456 e. The lowest BCUT2D eigenvalue weighted by atomic mass is 10.1. The molecule has 2 aromatic carbocycles. The number of aromatic nitrogens is 4. The van der Waals surface area contributed by atoms with E-state index in [1.54, 1.807) is 34.1 Å². The Bertz CT molecular complexity index is 2360. The summed E-state index contributed by atoms with van der Waals surface area (Å²) in [5, 5.41) is 0. The molecule has 0 spiro atoms. The minimum atomic E-state index is -1.39. The number of halogens is 2. The van der Waals surface area contributed by atoms with Gasteiger partial charge in [-0.25, -0.2) is 28.3 Å². The minimum absolute atomic E-state index is 0.141. The number of carbonyl (C=O) groups excluding carboxylic acids is 2. The van der Waals surface area contributed by atoms with Gasteiger partial charge in [0.2, 0.25) is 0 Å². The zero-order chi connectivity index (χ0) is 47.2. The number of hydrogen-bond acceptors (Lipinski definition) is 9. The van der Waals surface area contributed by atoms with Crippen molar-refractivity contribution in [3.8, 4) is 22.6 Å². The van der Waals surface area contributed by atoms with Gasteiger partial charge in [0.25, 0.3) is 0 Å². The SMILES string of the molecule is CC(C)(C)OC(=O)N1CCCC1c1nc2cc(-c3ccc(-c4cc5nc(C6CCCN6C(=O)OC(C)(C)C)n(COCC[Si](C)(C)C)c5cc4F)o3)c(F)cc2n1COCC[Si](C)(C)C. The fourth-order valence-corrected chi connectivity index (χ4v) is 9.84. The largest absolute Gasteiger partial charge is 0.456 e. The first-order valence-corrected chi connectivity index (χ1v) is 30.4. The Hall–Kier alpha value is -4.59. The Balaban J connectivity index is 1.23. The molecule has 5 heterocycles. The van der Waals surface area contributed by atoms with Gasteiger partial charge in [-0.15, -0.1) is 0 Å². The van der Waals surface area contributed by atoms with Crippen LogP contribution in [0.1, 0.15) is 91.0 Å². The molecule has 0 saturated carbocycles. The van der Waals surface area contributed by atoms with Crippen LogP contribution >= 0.6 is 0 Å². The van der Waals surface area contributed by atoms with Gasteiger partial charge in [-0.2, -0.15) is 0 Å². The number of rotatable bonds is 14. The number of ether oxygens (including phenoxy) is 4. The highest BCUT2D eigenvalue weighted by Crippen LogP contribution is 2.40. The molecule has 0 N–H and O–H groups in total. The summed E-state index contributed by atoms with van der Waals surface area (Å²) in [6.45, 7) is 27.1. The number of imidazole rings is 2. The number of fused-ring (bicyclic) bond motifs is 2. The molecular weight excluding hydrogens is 867 g/mol. The second-order valence-electron chi connectivity index (χ2n) is 22.0. The quantitative estimate of drug-likeness (QED) is 0.0790. The molecule has 2 aliphatic heterocycles. The molecular formula is C48H68F2N6O7Si2. The van der Waals surface area contributed by atoms with E-state index in [4.69, 9.17) is 33.3 Å². The Kier molecular flexibility index (Phi) is 13.8. The monoisotopic (exact) mass is 934 g/mol. The third-order valence-electron chi connectivity index (χ3n) is 11.7. The van der Waals surface area contributed by atoms with Crippen molar-refractivity contribution in [3.63, 3.8) is 0 Å². The van der Waals surface area contributed by atoms with Crippen molar-refractivity contribution in [3.05, 3.63) is 59.7 Å². The molecule has 2 fully saturated rings. The van der Waals surface area contributed by atoms with Crippen molar-refractivity contribution in [1.29, 1.82) is 0 Å². The fraction of sp³-hybridized carbons (Fsp3) is 0.583. The van der Waals surface area contributed by atoms with Crippen LogP contribution < -0.4 is 0 Å². The van der Waals surface area contributed by atoms with Crippen molar-refractivity contribution in [2.75, 3.05) is 26.3 Å². The van der Waals surface area contributed by atoms with E-state index >= 15 is 8.78 Å². The lowest BCUT2D eigenvalue weighted by molar-refractivity contribution is 0.0196. The Morgan fingerprint density at radius 2 is 1.05 bits per heavy atom. The zero-order valence-electron chi connectivity index (χ0n) is 40.4. The van der Waals surface area contributed by atoms with Crippen molar-refractivity contribution in [2.45, 2.75) is 155 Å². The van der Waals surface area contributed by atoms with Gasteiger partial charge in [0.1, 0.15) is 59.5 Å². The van der Waals surface area contributed by atoms with Gasteiger partial charge in [-0.3, -0.25) is 9.80 Å². The fourth-order valence-electron chi connectivity index (χ4n) is 8.33. The van der Waals surface area contributed by atoms with Crippen LogP contribution in [-0.2, 0) is 32.4 Å². The molecule has 2 atom stereocenters. The first kappa shape index (κ1) is 48.3. The van der Waals surface area contributed by atoms with Crippen LogP contribution in [0.25, 0.3) is 44.7 Å². The third-order valence-corrected chi connectivity index (χ3v) is 15.1. The summed E-state index contributed by atoms with van der Waals surface area (Å²) in [5.41, 5.74) is 1.02. The van der Waals surface area contributed by atoms with E-state index in [0.29, 0.717) is 72.9 Å². The molecule has 0 aliphatic carbocycles. The summed E-state index contributed by atoms with van der Waals surface area (Å²) in [6, 6.07) is 10.5. The van der Waals surface area contributed by atoms with Crippen LogP contribution in [0.3, 0.4) is 0 Å². The van der Waals surface area contributed by atoms with Gasteiger partial charge in [0.05, 0.1) is 45.3 Å². The summed E-state index contributed by atoms with van der Waals surface area (Å²) in [4.78, 5) is 40.3. The van der Waals surface area contributed by atoms with Crippen molar-refractivity contribution in [2.24, 2.45) is 0 Å². The molecule has 0 radical (unpaired) electrons. The number of hydrogen-bond donors (Lipinski definition) is 0. The van der Waals surface area contributed by atoms with Gasteiger partial charge >= 0.3 is 12.2 Å². The Morgan fingerprint density at radius 1 is 0.662 bits per heavy atom.